The second-order valence-electron chi connectivity index (χ2n) is 3.91. The third kappa shape index (κ3) is 3.71. The van der Waals surface area contributed by atoms with Gasteiger partial charge in [0.2, 0.25) is 5.88 Å². The summed E-state index contributed by atoms with van der Waals surface area (Å²) in [5.74, 6) is 0.269. The third-order valence-corrected chi connectivity index (χ3v) is 2.97. The lowest BCUT2D eigenvalue weighted by Gasteiger charge is -2.08. The molecule has 1 aromatic carbocycles. The average molecular weight is 341 g/mol. The Labute approximate surface area is 123 Å². The lowest BCUT2D eigenvalue weighted by atomic mass is 10.2. The summed E-state index contributed by atoms with van der Waals surface area (Å²) in [4.78, 5) is 4.46. The quantitative estimate of drug-likeness (QED) is 0.865. The second-order valence-corrected chi connectivity index (χ2v) is 5.26. The number of nitrogens with two attached hydrogens (primary N) is 1. The molecule has 0 fully saturated rings. The van der Waals surface area contributed by atoms with Gasteiger partial charge in [0.15, 0.2) is 0 Å². The number of pyridine rings is 1. The Morgan fingerprint density at radius 1 is 1.32 bits per heavy atom. The minimum absolute atomic E-state index is 0.260. The molecule has 0 aliphatic rings. The first-order valence-electron chi connectivity index (χ1n) is 5.36. The van der Waals surface area contributed by atoms with Gasteiger partial charge in [-0.3, -0.25) is 0 Å². The summed E-state index contributed by atoms with van der Waals surface area (Å²) in [7, 11) is 0. The fraction of sp³-hybridized carbons (Fsp3) is 0.0769. The maximum absolute atomic E-state index is 13.2. The highest BCUT2D eigenvalue weighted by molar-refractivity contribution is 9.10. The predicted octanol–water partition coefficient (Wildman–Crippen LogP) is 3.72. The van der Waals surface area contributed by atoms with E-state index < -0.39 is 5.82 Å². The van der Waals surface area contributed by atoms with Crippen molar-refractivity contribution >= 4 is 33.1 Å². The largest absolute Gasteiger partial charge is 0.439 e. The average Bonchev–Trinajstić information content (AvgIpc) is 2.26. The monoisotopic (exact) mass is 340 g/mol. The molecule has 19 heavy (non-hydrogen) atoms. The Bertz CT molecular complexity index is 628. The van der Waals surface area contributed by atoms with Gasteiger partial charge in [-0.25, -0.2) is 9.37 Å². The van der Waals surface area contributed by atoms with Crippen LogP contribution in [0.5, 0.6) is 11.6 Å². The first-order chi connectivity index (χ1) is 8.94. The van der Waals surface area contributed by atoms with Crippen molar-refractivity contribution in [2.24, 2.45) is 5.73 Å². The number of aryl methyl sites for hydroxylation is 1. The van der Waals surface area contributed by atoms with Crippen molar-refractivity contribution in [3.63, 3.8) is 0 Å². The van der Waals surface area contributed by atoms with Crippen molar-refractivity contribution in [2.75, 3.05) is 0 Å². The van der Waals surface area contributed by atoms with Crippen LogP contribution >= 0.6 is 28.1 Å². The Morgan fingerprint density at radius 2 is 2.05 bits per heavy atom. The Hall–Kier alpha value is -1.53. The summed E-state index contributed by atoms with van der Waals surface area (Å²) in [5.41, 5.74) is 6.95. The zero-order valence-electron chi connectivity index (χ0n) is 9.98. The van der Waals surface area contributed by atoms with E-state index in [4.69, 9.17) is 22.7 Å². The Balaban J connectivity index is 2.35. The van der Waals surface area contributed by atoms with Gasteiger partial charge in [-0.2, -0.15) is 0 Å². The van der Waals surface area contributed by atoms with E-state index in [1.807, 2.05) is 0 Å². The van der Waals surface area contributed by atoms with E-state index in [1.165, 1.54) is 12.1 Å². The summed E-state index contributed by atoms with van der Waals surface area (Å²) >= 11 is 8.11. The number of hydrogen-bond donors (Lipinski definition) is 1. The maximum Gasteiger partial charge on any atom is 0.220 e. The van der Waals surface area contributed by atoms with Crippen molar-refractivity contribution in [2.45, 2.75) is 6.92 Å². The lowest BCUT2D eigenvalue weighted by Crippen LogP contribution is -2.10. The van der Waals surface area contributed by atoms with Crippen LogP contribution in [0.2, 0.25) is 0 Å². The van der Waals surface area contributed by atoms with Gasteiger partial charge >= 0.3 is 0 Å². The van der Waals surface area contributed by atoms with Crippen LogP contribution in [-0.2, 0) is 0 Å². The highest BCUT2D eigenvalue weighted by Crippen LogP contribution is 2.25. The van der Waals surface area contributed by atoms with Crippen molar-refractivity contribution in [1.29, 1.82) is 0 Å². The fourth-order valence-electron chi connectivity index (χ4n) is 1.54. The van der Waals surface area contributed by atoms with Crippen LogP contribution in [0.3, 0.4) is 0 Å². The van der Waals surface area contributed by atoms with E-state index >= 15 is 0 Å². The topological polar surface area (TPSA) is 48.1 Å². The van der Waals surface area contributed by atoms with Crippen molar-refractivity contribution in [3.05, 3.63) is 51.9 Å². The Morgan fingerprint density at radius 3 is 2.68 bits per heavy atom. The van der Waals surface area contributed by atoms with E-state index in [-0.39, 0.29) is 4.99 Å². The number of ether oxygens (including phenoxy) is 1. The lowest BCUT2D eigenvalue weighted by molar-refractivity contribution is 0.456. The molecule has 2 aromatic rings. The first kappa shape index (κ1) is 13.9. The maximum atomic E-state index is 13.2. The molecule has 0 unspecified atom stereocenters. The van der Waals surface area contributed by atoms with Crippen molar-refractivity contribution < 1.29 is 9.13 Å². The van der Waals surface area contributed by atoms with E-state index in [0.717, 1.165) is 5.69 Å². The van der Waals surface area contributed by atoms with Crippen LogP contribution in [-0.4, -0.2) is 9.97 Å². The van der Waals surface area contributed by atoms with Crippen LogP contribution in [0, 0.1) is 12.7 Å². The first-order valence-corrected chi connectivity index (χ1v) is 6.56. The molecule has 0 spiro atoms. The molecule has 0 saturated carbocycles. The molecule has 6 heteroatoms. The highest BCUT2D eigenvalue weighted by Gasteiger charge is 2.06. The van der Waals surface area contributed by atoms with E-state index in [2.05, 4.69) is 20.9 Å². The third-order valence-electron chi connectivity index (χ3n) is 2.27. The van der Waals surface area contributed by atoms with Crippen LogP contribution in [0.1, 0.15) is 11.3 Å². The zero-order chi connectivity index (χ0) is 14.0. The molecule has 2 rings (SSSR count). The number of nitrogens with zero attached hydrogens (tertiary/aromatic N) is 1. The number of rotatable bonds is 3. The molecule has 0 aliphatic heterocycles. The van der Waals surface area contributed by atoms with Gasteiger partial charge in [-0.1, -0.05) is 28.1 Å². The van der Waals surface area contributed by atoms with E-state index in [1.54, 1.807) is 25.1 Å². The normalized spacial score (nSPS) is 10.3. The molecule has 0 amide bonds. The van der Waals surface area contributed by atoms with Gasteiger partial charge in [0.1, 0.15) is 16.6 Å². The standard InChI is InChI=1S/C13H10BrFN2OS/c1-7-2-8(13(16)19)3-12(17-7)18-11-5-9(14)4-10(15)6-11/h2-6H,1H3,(H2,16,19). The number of aromatic nitrogens is 1. The molecular weight excluding hydrogens is 331 g/mol. The van der Waals surface area contributed by atoms with Gasteiger partial charge in [0.25, 0.3) is 0 Å². The summed E-state index contributed by atoms with van der Waals surface area (Å²) in [6.45, 7) is 1.80. The van der Waals surface area contributed by atoms with Gasteiger partial charge in [0, 0.05) is 27.9 Å². The van der Waals surface area contributed by atoms with Crippen molar-refractivity contribution in [3.8, 4) is 11.6 Å². The Kier molecular flexibility index (Phi) is 4.11. The van der Waals surface area contributed by atoms with Gasteiger partial charge in [-0.15, -0.1) is 0 Å². The predicted molar refractivity (Wildman–Crippen MR) is 79.0 cm³/mol. The molecule has 1 aromatic heterocycles. The van der Waals surface area contributed by atoms with Crippen LogP contribution in [0.25, 0.3) is 0 Å². The molecule has 0 atom stereocenters. The van der Waals surface area contributed by atoms with Gasteiger partial charge in [0.05, 0.1) is 0 Å². The van der Waals surface area contributed by atoms with Crippen LogP contribution < -0.4 is 10.5 Å². The molecule has 0 bridgehead atoms. The molecule has 0 saturated heterocycles. The van der Waals surface area contributed by atoms with Gasteiger partial charge < -0.3 is 10.5 Å². The molecule has 2 N–H and O–H groups in total. The summed E-state index contributed by atoms with van der Waals surface area (Å²) in [6, 6.07) is 7.64. The number of halogens is 2. The minimum atomic E-state index is -0.397. The molecule has 98 valence electrons. The number of thiocarbonyl (C=S) groups is 1. The van der Waals surface area contributed by atoms with Gasteiger partial charge in [-0.05, 0) is 25.1 Å². The molecule has 1 heterocycles. The van der Waals surface area contributed by atoms with E-state index in [0.29, 0.717) is 21.7 Å². The van der Waals surface area contributed by atoms with Crippen LogP contribution in [0.4, 0.5) is 4.39 Å². The van der Waals surface area contributed by atoms with E-state index in [9.17, 15) is 4.39 Å². The molecule has 3 nitrogen and oxygen atoms in total. The smallest absolute Gasteiger partial charge is 0.220 e. The highest BCUT2D eigenvalue weighted by atomic mass is 79.9. The molecular formula is C13H10BrFN2OS. The SMILES string of the molecule is Cc1cc(C(N)=S)cc(Oc2cc(F)cc(Br)c2)n1. The summed E-state index contributed by atoms with van der Waals surface area (Å²) in [6.07, 6.45) is 0. The number of hydrogen-bond acceptors (Lipinski definition) is 3. The summed E-state index contributed by atoms with van der Waals surface area (Å²) < 4.78 is 19.3. The van der Waals surface area contributed by atoms with Crippen molar-refractivity contribution in [1.82, 2.24) is 4.98 Å². The molecule has 0 aliphatic carbocycles. The number of benzene rings is 1. The second kappa shape index (κ2) is 5.63. The minimum Gasteiger partial charge on any atom is -0.439 e. The summed E-state index contributed by atoms with van der Waals surface area (Å²) in [5, 5.41) is 0. The molecule has 0 radical (unpaired) electrons. The zero-order valence-corrected chi connectivity index (χ0v) is 12.4. The van der Waals surface area contributed by atoms with Crippen LogP contribution in [0.15, 0.2) is 34.8 Å². The fourth-order valence-corrected chi connectivity index (χ4v) is 2.10.